The van der Waals surface area contributed by atoms with Crippen molar-refractivity contribution in [3.63, 3.8) is 0 Å². The van der Waals surface area contributed by atoms with Gasteiger partial charge in [-0.1, -0.05) is 0 Å². The van der Waals surface area contributed by atoms with Crippen LogP contribution < -0.4 is 5.73 Å². The van der Waals surface area contributed by atoms with E-state index in [1.54, 1.807) is 5.38 Å². The summed E-state index contributed by atoms with van der Waals surface area (Å²) in [6.45, 7) is -0.308. The van der Waals surface area contributed by atoms with Crippen molar-refractivity contribution >= 4 is 23.3 Å². The molecule has 0 bridgehead atoms. The molecule has 64 valence electrons. The normalized spacial score (nSPS) is 9.42. The third kappa shape index (κ3) is 2.11. The van der Waals surface area contributed by atoms with Gasteiger partial charge >= 0.3 is 11.9 Å². The van der Waals surface area contributed by atoms with E-state index in [4.69, 9.17) is 5.73 Å². The molecule has 0 aromatic carbocycles. The second-order valence-corrected chi connectivity index (χ2v) is 2.70. The highest BCUT2D eigenvalue weighted by Gasteiger charge is 2.13. The minimum atomic E-state index is -0.754. The van der Waals surface area contributed by atoms with Crippen LogP contribution in [-0.4, -0.2) is 23.5 Å². The Kier molecular flexibility index (Phi) is 2.89. The standard InChI is InChI=1S/C6H6N2O3S/c7-3-4(9)11-6(10)5-8-1-2-12-5/h1-2H,3,7H2. The summed E-state index contributed by atoms with van der Waals surface area (Å²) in [5, 5.41) is 1.76. The molecule has 5 nitrogen and oxygen atoms in total. The Morgan fingerprint density at radius 1 is 1.67 bits per heavy atom. The maximum absolute atomic E-state index is 10.9. The summed E-state index contributed by atoms with van der Waals surface area (Å²) in [6.07, 6.45) is 1.45. The van der Waals surface area contributed by atoms with Crippen LogP contribution in [0.1, 0.15) is 9.80 Å². The molecule has 0 unspecified atom stereocenters. The Balaban J connectivity index is 2.56. The first kappa shape index (κ1) is 8.82. The van der Waals surface area contributed by atoms with Crippen LogP contribution in [-0.2, 0) is 9.53 Å². The maximum Gasteiger partial charge on any atom is 0.375 e. The predicted molar refractivity (Wildman–Crippen MR) is 41.6 cm³/mol. The van der Waals surface area contributed by atoms with Crippen molar-refractivity contribution in [1.29, 1.82) is 0 Å². The second kappa shape index (κ2) is 3.93. The summed E-state index contributed by atoms with van der Waals surface area (Å²) in [6, 6.07) is 0. The molecule has 0 fully saturated rings. The van der Waals surface area contributed by atoms with Crippen LogP contribution in [0.4, 0.5) is 0 Å². The molecule has 0 radical (unpaired) electrons. The first-order chi connectivity index (χ1) is 5.74. The van der Waals surface area contributed by atoms with Crippen LogP contribution in [0.3, 0.4) is 0 Å². The smallest absolute Gasteiger partial charge is 0.375 e. The largest absolute Gasteiger partial charge is 0.387 e. The Bertz CT molecular complexity index is 283. The Morgan fingerprint density at radius 2 is 2.42 bits per heavy atom. The second-order valence-electron chi connectivity index (χ2n) is 1.80. The number of carbonyl (C=O) groups is 2. The summed E-state index contributed by atoms with van der Waals surface area (Å²) < 4.78 is 4.29. The van der Waals surface area contributed by atoms with Crippen molar-refractivity contribution in [1.82, 2.24) is 4.98 Å². The molecule has 0 aliphatic rings. The van der Waals surface area contributed by atoms with Crippen molar-refractivity contribution in [2.45, 2.75) is 0 Å². The molecule has 0 atom stereocenters. The van der Waals surface area contributed by atoms with E-state index in [1.807, 2.05) is 0 Å². The van der Waals surface area contributed by atoms with Crippen LogP contribution in [0.15, 0.2) is 11.6 Å². The molecule has 1 aromatic heterocycles. The summed E-state index contributed by atoms with van der Waals surface area (Å²) >= 11 is 1.10. The van der Waals surface area contributed by atoms with Crippen LogP contribution in [0.2, 0.25) is 0 Å². The van der Waals surface area contributed by atoms with E-state index in [0.717, 1.165) is 11.3 Å². The molecule has 0 aliphatic carbocycles. The number of esters is 2. The van der Waals surface area contributed by atoms with E-state index in [0.29, 0.717) is 0 Å². The molecule has 1 rings (SSSR count). The van der Waals surface area contributed by atoms with Crippen LogP contribution in [0.5, 0.6) is 0 Å². The van der Waals surface area contributed by atoms with Gasteiger partial charge < -0.3 is 10.5 Å². The van der Waals surface area contributed by atoms with E-state index in [2.05, 4.69) is 9.72 Å². The van der Waals surface area contributed by atoms with Crippen LogP contribution in [0.25, 0.3) is 0 Å². The average Bonchev–Trinajstić information content (AvgIpc) is 2.56. The van der Waals surface area contributed by atoms with Crippen LogP contribution in [0, 0.1) is 0 Å². The number of carbonyl (C=O) groups excluding carboxylic acids is 2. The molecule has 1 aromatic rings. The van der Waals surface area contributed by atoms with Gasteiger partial charge in [-0.05, 0) is 0 Å². The average molecular weight is 186 g/mol. The fourth-order valence-electron chi connectivity index (χ4n) is 0.513. The van der Waals surface area contributed by atoms with Gasteiger partial charge in [-0.3, -0.25) is 4.79 Å². The van der Waals surface area contributed by atoms with Gasteiger partial charge in [0.05, 0.1) is 6.54 Å². The van der Waals surface area contributed by atoms with Gasteiger partial charge in [0.2, 0.25) is 5.01 Å². The molecular formula is C6H6N2O3S. The minimum Gasteiger partial charge on any atom is -0.387 e. The van der Waals surface area contributed by atoms with Crippen LogP contribution >= 0.6 is 11.3 Å². The molecule has 0 spiro atoms. The molecule has 1 heterocycles. The van der Waals surface area contributed by atoms with Gasteiger partial charge in [-0.15, -0.1) is 11.3 Å². The molecule has 6 heteroatoms. The van der Waals surface area contributed by atoms with E-state index in [-0.39, 0.29) is 11.6 Å². The van der Waals surface area contributed by atoms with E-state index >= 15 is 0 Å². The maximum atomic E-state index is 10.9. The number of hydrogen-bond acceptors (Lipinski definition) is 6. The molecule has 0 amide bonds. The topological polar surface area (TPSA) is 82.3 Å². The number of rotatable bonds is 2. The number of thiazole rings is 1. The summed E-state index contributed by atoms with van der Waals surface area (Å²) in [5.41, 5.74) is 4.93. The van der Waals surface area contributed by atoms with Crippen molar-refractivity contribution < 1.29 is 14.3 Å². The number of ether oxygens (including phenoxy) is 1. The monoisotopic (exact) mass is 186 g/mol. The first-order valence-corrected chi connectivity index (χ1v) is 3.96. The van der Waals surface area contributed by atoms with Crippen molar-refractivity contribution in [3.8, 4) is 0 Å². The number of hydrogen-bond donors (Lipinski definition) is 1. The quantitative estimate of drug-likeness (QED) is 0.510. The lowest BCUT2D eigenvalue weighted by molar-refractivity contribution is -0.136. The zero-order valence-electron chi connectivity index (χ0n) is 6.02. The lowest BCUT2D eigenvalue weighted by Gasteiger charge is -1.95. The van der Waals surface area contributed by atoms with Gasteiger partial charge in [-0.25, -0.2) is 9.78 Å². The van der Waals surface area contributed by atoms with E-state index < -0.39 is 11.9 Å². The lowest BCUT2D eigenvalue weighted by atomic mass is 10.6. The molecular weight excluding hydrogens is 180 g/mol. The van der Waals surface area contributed by atoms with Crippen molar-refractivity contribution in [3.05, 3.63) is 16.6 Å². The molecule has 0 saturated heterocycles. The summed E-state index contributed by atoms with van der Waals surface area (Å²) in [5.74, 6) is -1.50. The first-order valence-electron chi connectivity index (χ1n) is 3.08. The minimum absolute atomic E-state index is 0.150. The van der Waals surface area contributed by atoms with E-state index in [1.165, 1.54) is 6.20 Å². The third-order valence-corrected chi connectivity index (χ3v) is 1.73. The summed E-state index contributed by atoms with van der Waals surface area (Å²) in [4.78, 5) is 25.1. The fourth-order valence-corrected chi connectivity index (χ4v) is 1.02. The van der Waals surface area contributed by atoms with Gasteiger partial charge in [0, 0.05) is 11.6 Å². The third-order valence-electron chi connectivity index (χ3n) is 0.980. The van der Waals surface area contributed by atoms with Gasteiger partial charge in [0.1, 0.15) is 0 Å². The number of nitrogens with zero attached hydrogens (tertiary/aromatic N) is 1. The Morgan fingerprint density at radius 3 is 2.92 bits per heavy atom. The van der Waals surface area contributed by atoms with E-state index in [9.17, 15) is 9.59 Å². The summed E-state index contributed by atoms with van der Waals surface area (Å²) in [7, 11) is 0. The van der Waals surface area contributed by atoms with Gasteiger partial charge in [0.15, 0.2) is 0 Å². The predicted octanol–water partition coefficient (Wildman–Crippen LogP) is -0.215. The Hall–Kier alpha value is -1.27. The Labute approximate surface area is 72.2 Å². The number of aromatic nitrogens is 1. The highest BCUT2D eigenvalue weighted by atomic mass is 32.1. The van der Waals surface area contributed by atoms with Crippen molar-refractivity contribution in [2.24, 2.45) is 5.73 Å². The van der Waals surface area contributed by atoms with Gasteiger partial charge in [0.25, 0.3) is 0 Å². The molecule has 2 N–H and O–H groups in total. The fraction of sp³-hybridized carbons (Fsp3) is 0.167. The highest BCUT2D eigenvalue weighted by molar-refractivity contribution is 7.11. The molecule has 0 aliphatic heterocycles. The van der Waals surface area contributed by atoms with Crippen molar-refractivity contribution in [2.75, 3.05) is 6.54 Å². The zero-order valence-corrected chi connectivity index (χ0v) is 6.84. The highest BCUT2D eigenvalue weighted by Crippen LogP contribution is 2.05. The molecule has 12 heavy (non-hydrogen) atoms. The molecule has 0 saturated carbocycles. The zero-order chi connectivity index (χ0) is 8.97. The SMILES string of the molecule is NCC(=O)OC(=O)c1nccs1. The van der Waals surface area contributed by atoms with Gasteiger partial charge in [-0.2, -0.15) is 0 Å². The number of nitrogens with two attached hydrogens (primary N) is 1. The lowest BCUT2D eigenvalue weighted by Crippen LogP contribution is -2.20.